The van der Waals surface area contributed by atoms with Crippen LogP contribution < -0.4 is 5.32 Å². The molecule has 1 aliphatic carbocycles. The highest BCUT2D eigenvalue weighted by Crippen LogP contribution is 2.24. The van der Waals surface area contributed by atoms with E-state index in [4.69, 9.17) is 5.11 Å². The van der Waals surface area contributed by atoms with Crippen molar-refractivity contribution in [2.75, 3.05) is 5.32 Å². The zero-order valence-electron chi connectivity index (χ0n) is 15.7. The minimum absolute atomic E-state index is 0.0966. The molecular formula is C22H25NO4S. The number of amides is 1. The zero-order valence-corrected chi connectivity index (χ0v) is 16.5. The third kappa shape index (κ3) is 5.76. The van der Waals surface area contributed by atoms with Gasteiger partial charge in [-0.1, -0.05) is 43.5 Å². The molecule has 1 saturated carbocycles. The maximum Gasteiger partial charge on any atom is 0.335 e. The van der Waals surface area contributed by atoms with E-state index in [9.17, 15) is 13.8 Å². The van der Waals surface area contributed by atoms with Gasteiger partial charge in [0.1, 0.15) is 0 Å². The van der Waals surface area contributed by atoms with Crippen LogP contribution in [0.25, 0.3) is 0 Å². The lowest BCUT2D eigenvalue weighted by Crippen LogP contribution is -2.20. The minimum Gasteiger partial charge on any atom is -0.478 e. The Hall–Kier alpha value is -2.47. The lowest BCUT2D eigenvalue weighted by atomic mass is 10.0. The first-order valence-corrected chi connectivity index (χ1v) is 11.0. The van der Waals surface area contributed by atoms with Crippen molar-refractivity contribution in [3.63, 3.8) is 0 Å². The second-order valence-electron chi connectivity index (χ2n) is 7.22. The number of hydrogen-bond acceptors (Lipinski definition) is 3. The fourth-order valence-electron chi connectivity index (χ4n) is 3.55. The molecule has 0 aromatic heterocycles. The minimum atomic E-state index is -1.01. The van der Waals surface area contributed by atoms with Gasteiger partial charge in [-0.25, -0.2) is 4.79 Å². The molecule has 1 unspecified atom stereocenters. The highest BCUT2D eigenvalue weighted by atomic mass is 32.2. The van der Waals surface area contributed by atoms with Crippen molar-refractivity contribution in [3.05, 3.63) is 65.2 Å². The van der Waals surface area contributed by atoms with Gasteiger partial charge in [-0.05, 0) is 48.2 Å². The molecule has 0 aliphatic heterocycles. The summed E-state index contributed by atoms with van der Waals surface area (Å²) in [6.45, 7) is 0. The molecule has 2 N–H and O–H groups in total. The number of benzene rings is 2. The number of carboxylic acids is 1. The second-order valence-corrected chi connectivity index (χ2v) is 8.93. The first kappa shape index (κ1) is 20.3. The standard InChI is InChI=1S/C22H25NO4S/c24-21(14-16-6-4-8-18(12-16)22(25)26)23-19-9-5-7-17(13-19)15-28(27)20-10-2-1-3-11-20/h4-9,12-13,20H,1-3,10-11,14-15H2,(H,23,24)(H,25,26). The molecule has 0 bridgehead atoms. The predicted molar refractivity (Wildman–Crippen MR) is 111 cm³/mol. The number of carbonyl (C=O) groups excluding carboxylic acids is 1. The van der Waals surface area contributed by atoms with Crippen LogP contribution >= 0.6 is 0 Å². The normalized spacial score (nSPS) is 15.7. The molecule has 0 radical (unpaired) electrons. The van der Waals surface area contributed by atoms with Crippen LogP contribution in [0.4, 0.5) is 5.69 Å². The highest BCUT2D eigenvalue weighted by Gasteiger charge is 2.20. The summed E-state index contributed by atoms with van der Waals surface area (Å²) >= 11 is 0. The van der Waals surface area contributed by atoms with Crippen molar-refractivity contribution < 1.29 is 18.9 Å². The van der Waals surface area contributed by atoms with E-state index >= 15 is 0 Å². The highest BCUT2D eigenvalue weighted by molar-refractivity contribution is 7.84. The van der Waals surface area contributed by atoms with Gasteiger partial charge in [0.15, 0.2) is 0 Å². The molecule has 0 spiro atoms. The number of carbonyl (C=O) groups is 2. The Morgan fingerprint density at radius 1 is 1.00 bits per heavy atom. The van der Waals surface area contributed by atoms with E-state index in [0.717, 1.165) is 31.2 Å². The Balaban J connectivity index is 1.59. The Labute approximate surface area is 167 Å². The predicted octanol–water partition coefficient (Wildman–Crippen LogP) is 4.15. The average molecular weight is 400 g/mol. The molecular weight excluding hydrogens is 374 g/mol. The molecule has 1 fully saturated rings. The van der Waals surface area contributed by atoms with Crippen molar-refractivity contribution in [2.45, 2.75) is 49.5 Å². The number of aromatic carboxylic acids is 1. The van der Waals surface area contributed by atoms with Gasteiger partial charge in [-0.15, -0.1) is 0 Å². The van der Waals surface area contributed by atoms with Crippen LogP contribution in [0.3, 0.4) is 0 Å². The Bertz CT molecular complexity index is 874. The van der Waals surface area contributed by atoms with E-state index < -0.39 is 16.8 Å². The summed E-state index contributed by atoms with van der Waals surface area (Å²) < 4.78 is 12.6. The van der Waals surface area contributed by atoms with Crippen molar-refractivity contribution in [1.29, 1.82) is 0 Å². The van der Waals surface area contributed by atoms with E-state index in [0.29, 0.717) is 17.0 Å². The first-order chi connectivity index (χ1) is 13.5. The van der Waals surface area contributed by atoms with E-state index in [1.54, 1.807) is 18.2 Å². The molecule has 1 amide bonds. The van der Waals surface area contributed by atoms with Crippen LogP contribution in [0.2, 0.25) is 0 Å². The van der Waals surface area contributed by atoms with Gasteiger partial charge in [0.25, 0.3) is 0 Å². The molecule has 1 atom stereocenters. The molecule has 1 aliphatic rings. The molecule has 0 heterocycles. The summed E-state index contributed by atoms with van der Waals surface area (Å²) in [7, 11) is -0.885. The van der Waals surface area contributed by atoms with E-state index in [-0.39, 0.29) is 23.1 Å². The molecule has 3 rings (SSSR count). The van der Waals surface area contributed by atoms with Gasteiger partial charge in [0, 0.05) is 27.5 Å². The molecule has 0 saturated heterocycles. The number of anilines is 1. The fourth-order valence-corrected chi connectivity index (χ4v) is 5.16. The SMILES string of the molecule is O=C(Cc1cccc(C(=O)O)c1)Nc1cccc(CS(=O)C2CCCCC2)c1. The molecule has 2 aromatic carbocycles. The monoisotopic (exact) mass is 399 g/mol. The summed E-state index contributed by atoms with van der Waals surface area (Å²) in [5.41, 5.74) is 2.43. The molecule has 28 heavy (non-hydrogen) atoms. The van der Waals surface area contributed by atoms with Crippen molar-refractivity contribution in [2.24, 2.45) is 0 Å². The smallest absolute Gasteiger partial charge is 0.335 e. The van der Waals surface area contributed by atoms with Gasteiger partial charge >= 0.3 is 5.97 Å². The topological polar surface area (TPSA) is 83.5 Å². The number of carboxylic acid groups (broad SMARTS) is 1. The molecule has 5 nitrogen and oxygen atoms in total. The van der Waals surface area contributed by atoms with Crippen molar-refractivity contribution >= 4 is 28.4 Å². The molecule has 148 valence electrons. The molecule has 2 aromatic rings. The van der Waals surface area contributed by atoms with Crippen LogP contribution in [-0.2, 0) is 27.8 Å². The summed E-state index contributed by atoms with van der Waals surface area (Å²) in [6, 6.07) is 13.8. The van der Waals surface area contributed by atoms with Gasteiger partial charge in [-0.2, -0.15) is 0 Å². The third-order valence-electron chi connectivity index (χ3n) is 4.98. The first-order valence-electron chi connectivity index (χ1n) is 9.59. The van der Waals surface area contributed by atoms with Crippen LogP contribution in [0.15, 0.2) is 48.5 Å². The van der Waals surface area contributed by atoms with Gasteiger partial charge in [0.2, 0.25) is 5.91 Å². The largest absolute Gasteiger partial charge is 0.478 e. The quantitative estimate of drug-likeness (QED) is 0.733. The van der Waals surface area contributed by atoms with E-state index in [1.807, 2.05) is 18.2 Å². The van der Waals surface area contributed by atoms with Gasteiger partial charge < -0.3 is 10.4 Å². The van der Waals surface area contributed by atoms with Crippen LogP contribution in [0.5, 0.6) is 0 Å². The number of rotatable bonds is 7. The number of nitrogens with one attached hydrogen (secondary N) is 1. The molecule has 6 heteroatoms. The summed E-state index contributed by atoms with van der Waals surface area (Å²) in [5, 5.41) is 12.2. The lowest BCUT2D eigenvalue weighted by molar-refractivity contribution is -0.115. The Morgan fingerprint density at radius 2 is 1.71 bits per heavy atom. The third-order valence-corrected chi connectivity index (χ3v) is 6.82. The average Bonchev–Trinajstić information content (AvgIpc) is 2.69. The summed E-state index contributed by atoms with van der Waals surface area (Å²) in [4.78, 5) is 23.4. The van der Waals surface area contributed by atoms with Crippen molar-refractivity contribution in [1.82, 2.24) is 0 Å². The Kier molecular flexibility index (Phi) is 6.98. The number of hydrogen-bond donors (Lipinski definition) is 2. The maximum atomic E-state index is 12.6. The van der Waals surface area contributed by atoms with Crippen LogP contribution in [0.1, 0.15) is 53.6 Å². The van der Waals surface area contributed by atoms with Crippen LogP contribution in [0, 0.1) is 0 Å². The zero-order chi connectivity index (χ0) is 19.9. The van der Waals surface area contributed by atoms with Crippen molar-refractivity contribution in [3.8, 4) is 0 Å². The Morgan fingerprint density at radius 3 is 2.46 bits per heavy atom. The van der Waals surface area contributed by atoms with Crippen LogP contribution in [-0.4, -0.2) is 26.4 Å². The summed E-state index contributed by atoms with van der Waals surface area (Å²) in [5.74, 6) is -0.719. The summed E-state index contributed by atoms with van der Waals surface area (Å²) in [6.07, 6.45) is 5.74. The second kappa shape index (κ2) is 9.64. The lowest BCUT2D eigenvalue weighted by Gasteiger charge is -2.21. The fraction of sp³-hybridized carbons (Fsp3) is 0.364. The van der Waals surface area contributed by atoms with E-state index in [2.05, 4.69) is 5.32 Å². The van der Waals surface area contributed by atoms with Gasteiger partial charge in [-0.3, -0.25) is 9.00 Å². The maximum absolute atomic E-state index is 12.6. The van der Waals surface area contributed by atoms with E-state index in [1.165, 1.54) is 18.6 Å². The van der Waals surface area contributed by atoms with Gasteiger partial charge in [0.05, 0.1) is 12.0 Å².